The Hall–Kier alpha value is -1.10. The summed E-state index contributed by atoms with van der Waals surface area (Å²) in [6, 6.07) is -2.90. The van der Waals surface area contributed by atoms with E-state index < -0.39 is 6.05 Å². The van der Waals surface area contributed by atoms with Gasteiger partial charge in [-0.15, -0.1) is 13.9 Å². The minimum atomic E-state index is -2.90. The van der Waals surface area contributed by atoms with Gasteiger partial charge in [-0.3, -0.25) is 0 Å². The highest BCUT2D eigenvalue weighted by Gasteiger charge is 2.41. The number of nitrogens with zero attached hydrogens (tertiary/aromatic N) is 2. The second kappa shape index (κ2) is 3.74. The minimum absolute atomic E-state index is 0.217. The summed E-state index contributed by atoms with van der Waals surface area (Å²) in [7, 11) is 0. The molecule has 0 aromatic carbocycles. The number of alkyl halides is 2. The summed E-state index contributed by atoms with van der Waals surface area (Å²) in [4.78, 5) is 0. The minimum Gasteiger partial charge on any atom is -0.146 e. The molecule has 13 heavy (non-hydrogen) atoms. The van der Waals surface area contributed by atoms with Crippen LogP contribution in [0.25, 0.3) is 0 Å². The summed E-state index contributed by atoms with van der Waals surface area (Å²) < 4.78 is 25.7. The molecule has 0 bridgehead atoms. The molecule has 3 nitrogen and oxygen atoms in total. The molecule has 1 heterocycles. The topological polar surface area (TPSA) is 29.2 Å². The lowest BCUT2D eigenvalue weighted by Gasteiger charge is -2.15. The smallest absolute Gasteiger partial charge is 0.146 e. The third-order valence-electron chi connectivity index (χ3n) is 1.66. The first-order valence-corrected chi connectivity index (χ1v) is 4.02. The summed E-state index contributed by atoms with van der Waals surface area (Å²) >= 11 is 0. The van der Waals surface area contributed by atoms with Crippen LogP contribution < -0.4 is 5.01 Å². The van der Waals surface area contributed by atoms with E-state index >= 15 is 0 Å². The van der Waals surface area contributed by atoms with Gasteiger partial charge < -0.3 is 0 Å². The number of allylic oxidation sites excluding steroid dienone is 2. The van der Waals surface area contributed by atoms with E-state index in [-0.39, 0.29) is 5.01 Å². The zero-order valence-electron chi connectivity index (χ0n) is 7.59. The van der Waals surface area contributed by atoms with Gasteiger partial charge in [-0.05, 0) is 6.92 Å². The number of quaternary nitrogens is 1. The molecule has 0 saturated carbocycles. The number of halogens is 2. The first-order valence-electron chi connectivity index (χ1n) is 4.02. The van der Waals surface area contributed by atoms with Crippen molar-refractivity contribution >= 4 is 0 Å². The van der Waals surface area contributed by atoms with Crippen LogP contribution in [0.3, 0.4) is 0 Å². The third-order valence-corrected chi connectivity index (χ3v) is 1.66. The first-order chi connectivity index (χ1) is 6.05. The van der Waals surface area contributed by atoms with Gasteiger partial charge in [0.05, 0.1) is 6.92 Å². The molecule has 0 aliphatic carbocycles. The summed E-state index contributed by atoms with van der Waals surface area (Å²) in [6.07, 6.45) is 5.45. The van der Waals surface area contributed by atoms with Crippen molar-refractivity contribution < 1.29 is 13.8 Å². The van der Waals surface area contributed by atoms with Gasteiger partial charge in [-0.1, -0.05) is 17.2 Å². The Morgan fingerprint density at radius 1 is 1.62 bits per heavy atom. The average molecular weight is 188 g/mol. The van der Waals surface area contributed by atoms with Crippen molar-refractivity contribution in [3.63, 3.8) is 0 Å². The second-order valence-electron chi connectivity index (χ2n) is 2.88. The monoisotopic (exact) mass is 188 g/mol. The van der Waals surface area contributed by atoms with Crippen LogP contribution in [0, 0.1) is 0 Å². The highest BCUT2D eigenvalue weighted by Crippen LogP contribution is 2.09. The number of rotatable bonds is 3. The molecular weight excluding hydrogens is 176 g/mol. The SMILES string of the molecule is C/C=C/CC1=CN=N[NH+]1C(C)(F)F. The van der Waals surface area contributed by atoms with Crippen LogP contribution in [0.15, 0.2) is 34.4 Å². The van der Waals surface area contributed by atoms with Crippen LogP contribution in [0.5, 0.6) is 0 Å². The van der Waals surface area contributed by atoms with E-state index in [0.717, 1.165) is 6.92 Å². The Labute approximate surface area is 75.4 Å². The molecule has 0 fully saturated rings. The maximum atomic E-state index is 12.8. The van der Waals surface area contributed by atoms with Crippen molar-refractivity contribution in [3.05, 3.63) is 24.0 Å². The Morgan fingerprint density at radius 3 is 2.85 bits per heavy atom. The van der Waals surface area contributed by atoms with Crippen molar-refractivity contribution in [3.8, 4) is 0 Å². The first kappa shape index (κ1) is 9.98. The normalized spacial score (nSPS) is 22.8. The van der Waals surface area contributed by atoms with E-state index in [2.05, 4.69) is 10.3 Å². The van der Waals surface area contributed by atoms with Crippen LogP contribution in [-0.4, -0.2) is 6.05 Å². The van der Waals surface area contributed by atoms with E-state index in [4.69, 9.17) is 0 Å². The molecule has 1 atom stereocenters. The maximum Gasteiger partial charge on any atom is 0.415 e. The largest absolute Gasteiger partial charge is 0.415 e. The standard InChI is InChI=1S/C8H11F2N3/c1-3-4-5-7-6-11-12-13(7)8(2,9)10/h3-4,6H,5H2,1-2H3/p+1/b4-3+. The van der Waals surface area contributed by atoms with Crippen LogP contribution in [0.2, 0.25) is 0 Å². The zero-order valence-corrected chi connectivity index (χ0v) is 7.59. The molecule has 0 saturated heterocycles. The van der Waals surface area contributed by atoms with Gasteiger partial charge in [-0.25, -0.2) is 0 Å². The van der Waals surface area contributed by atoms with Gasteiger partial charge in [0, 0.05) is 11.6 Å². The highest BCUT2D eigenvalue weighted by molar-refractivity contribution is 4.98. The van der Waals surface area contributed by atoms with Crippen molar-refractivity contribution in [1.82, 2.24) is 0 Å². The molecule has 5 heteroatoms. The van der Waals surface area contributed by atoms with Crippen LogP contribution in [0.1, 0.15) is 20.3 Å². The van der Waals surface area contributed by atoms with Gasteiger partial charge in [-0.2, -0.15) is 0 Å². The fraction of sp³-hybridized carbons (Fsp3) is 0.500. The molecule has 1 unspecified atom stereocenters. The second-order valence-corrected chi connectivity index (χ2v) is 2.88. The molecule has 0 aromatic heterocycles. The van der Waals surface area contributed by atoms with Gasteiger partial charge >= 0.3 is 6.05 Å². The lowest BCUT2D eigenvalue weighted by molar-refractivity contribution is -0.960. The summed E-state index contributed by atoms with van der Waals surface area (Å²) in [5.41, 5.74) is 0.491. The van der Waals surface area contributed by atoms with E-state index in [1.807, 2.05) is 13.0 Å². The molecular formula is C8H12F2N3+. The maximum absolute atomic E-state index is 12.8. The number of nitrogens with one attached hydrogen (secondary N) is 1. The lowest BCUT2D eigenvalue weighted by atomic mass is 10.3. The summed E-state index contributed by atoms with van der Waals surface area (Å²) in [5.74, 6) is 0. The summed E-state index contributed by atoms with van der Waals surface area (Å²) in [5, 5.41) is 6.67. The van der Waals surface area contributed by atoms with Gasteiger partial charge in [0.15, 0.2) is 5.70 Å². The van der Waals surface area contributed by atoms with Crippen LogP contribution >= 0.6 is 0 Å². The predicted molar refractivity (Wildman–Crippen MR) is 44.0 cm³/mol. The fourth-order valence-electron chi connectivity index (χ4n) is 1.05. The van der Waals surface area contributed by atoms with Crippen molar-refractivity contribution in [1.29, 1.82) is 0 Å². The Bertz CT molecular complexity index is 263. The van der Waals surface area contributed by atoms with E-state index in [0.29, 0.717) is 12.1 Å². The molecule has 0 radical (unpaired) electrons. The van der Waals surface area contributed by atoms with E-state index in [1.54, 1.807) is 6.08 Å². The predicted octanol–water partition coefficient (Wildman–Crippen LogP) is 1.67. The number of hydrogen-bond donors (Lipinski definition) is 1. The summed E-state index contributed by atoms with van der Waals surface area (Å²) in [6.45, 7) is 2.67. The van der Waals surface area contributed by atoms with E-state index in [9.17, 15) is 8.78 Å². The fourth-order valence-corrected chi connectivity index (χ4v) is 1.05. The molecule has 0 amide bonds. The lowest BCUT2D eigenvalue weighted by Crippen LogP contribution is -3.11. The molecule has 1 rings (SSSR count). The Morgan fingerprint density at radius 2 is 2.31 bits per heavy atom. The third kappa shape index (κ3) is 2.42. The molecule has 72 valence electrons. The quantitative estimate of drug-likeness (QED) is 0.515. The van der Waals surface area contributed by atoms with Gasteiger partial charge in [0.1, 0.15) is 6.20 Å². The van der Waals surface area contributed by atoms with Gasteiger partial charge in [0.25, 0.3) is 0 Å². The molecule has 1 aliphatic heterocycles. The zero-order chi connectivity index (χ0) is 9.90. The van der Waals surface area contributed by atoms with Crippen LogP contribution in [0.4, 0.5) is 8.78 Å². The number of hydrogen-bond acceptors (Lipinski definition) is 2. The highest BCUT2D eigenvalue weighted by atomic mass is 19.3. The molecule has 0 aromatic rings. The Kier molecular flexibility index (Phi) is 2.87. The molecule has 1 aliphatic rings. The van der Waals surface area contributed by atoms with Crippen molar-refractivity contribution in [2.24, 2.45) is 10.3 Å². The van der Waals surface area contributed by atoms with E-state index in [1.165, 1.54) is 6.20 Å². The van der Waals surface area contributed by atoms with Crippen LogP contribution in [-0.2, 0) is 0 Å². The van der Waals surface area contributed by atoms with Gasteiger partial charge in [0.2, 0.25) is 0 Å². The average Bonchev–Trinajstić information content (AvgIpc) is 2.47. The molecule has 0 spiro atoms. The molecule has 1 N–H and O–H groups in total. The van der Waals surface area contributed by atoms with Crippen molar-refractivity contribution in [2.45, 2.75) is 26.3 Å². The van der Waals surface area contributed by atoms with Crippen molar-refractivity contribution in [2.75, 3.05) is 0 Å². The Balaban J connectivity index is 2.67.